The van der Waals surface area contributed by atoms with Crippen LogP contribution in [0.1, 0.15) is 24.8 Å². The molecule has 4 heteroatoms. The van der Waals surface area contributed by atoms with Crippen LogP contribution in [-0.2, 0) is 4.74 Å². The molecule has 0 atom stereocenters. The first-order valence-electron chi connectivity index (χ1n) is 6.64. The molecule has 1 N–H and O–H groups in total. The summed E-state index contributed by atoms with van der Waals surface area (Å²) < 4.78 is 11.1. The van der Waals surface area contributed by atoms with E-state index in [9.17, 15) is 0 Å². The van der Waals surface area contributed by atoms with E-state index in [4.69, 9.17) is 14.6 Å². The number of hydrogen-bond acceptors (Lipinski definition) is 4. The summed E-state index contributed by atoms with van der Waals surface area (Å²) in [5, 5.41) is 8.67. The fourth-order valence-electron chi connectivity index (χ4n) is 1.91. The smallest absolute Gasteiger partial charge is 0.138 e. The first-order chi connectivity index (χ1) is 9.38. The third kappa shape index (κ3) is 4.90. The zero-order valence-electron chi connectivity index (χ0n) is 11.0. The third-order valence-corrected chi connectivity index (χ3v) is 3.01. The Balaban J connectivity index is 1.86. The van der Waals surface area contributed by atoms with E-state index in [-0.39, 0.29) is 6.61 Å². The lowest BCUT2D eigenvalue weighted by atomic mass is 10.0. The molecule has 0 radical (unpaired) electrons. The van der Waals surface area contributed by atoms with Gasteiger partial charge in [-0.05, 0) is 24.8 Å². The van der Waals surface area contributed by atoms with Crippen molar-refractivity contribution in [2.45, 2.75) is 19.3 Å². The highest BCUT2D eigenvalue weighted by atomic mass is 16.5. The van der Waals surface area contributed by atoms with Gasteiger partial charge in [-0.15, -0.1) is 0 Å². The number of hydrogen-bond donors (Lipinski definition) is 1. The fraction of sp³-hybridized carbons (Fsp3) is 0.533. The van der Waals surface area contributed by atoms with Gasteiger partial charge in [0.2, 0.25) is 0 Å². The van der Waals surface area contributed by atoms with E-state index >= 15 is 0 Å². The maximum absolute atomic E-state index is 8.67. The second-order valence-corrected chi connectivity index (χ2v) is 4.55. The summed E-state index contributed by atoms with van der Waals surface area (Å²) >= 11 is 0. The molecule has 0 spiro atoms. The van der Waals surface area contributed by atoms with Gasteiger partial charge >= 0.3 is 0 Å². The van der Waals surface area contributed by atoms with Crippen LogP contribution in [-0.4, -0.2) is 36.5 Å². The minimum atomic E-state index is 0.0837. The molecule has 19 heavy (non-hydrogen) atoms. The van der Waals surface area contributed by atoms with Crippen molar-refractivity contribution >= 4 is 0 Å². The number of pyridine rings is 1. The monoisotopic (exact) mass is 261 g/mol. The Morgan fingerprint density at radius 3 is 3.00 bits per heavy atom. The van der Waals surface area contributed by atoms with Gasteiger partial charge in [0.15, 0.2) is 0 Å². The minimum Gasteiger partial charge on any atom is -0.492 e. The van der Waals surface area contributed by atoms with Crippen molar-refractivity contribution in [3.63, 3.8) is 0 Å². The van der Waals surface area contributed by atoms with Gasteiger partial charge in [0.1, 0.15) is 5.75 Å². The second-order valence-electron chi connectivity index (χ2n) is 4.55. The van der Waals surface area contributed by atoms with Crippen molar-refractivity contribution in [1.82, 2.24) is 4.98 Å². The Bertz CT molecular complexity index is 444. The molecule has 1 aliphatic heterocycles. The molecule has 2 heterocycles. The van der Waals surface area contributed by atoms with Gasteiger partial charge in [0.25, 0.3) is 0 Å². The molecule has 1 aromatic rings. The molecule has 0 bridgehead atoms. The molecule has 1 aromatic heterocycles. The maximum Gasteiger partial charge on any atom is 0.138 e. The molecule has 0 saturated carbocycles. The van der Waals surface area contributed by atoms with Crippen molar-refractivity contribution in [3.05, 3.63) is 24.0 Å². The van der Waals surface area contributed by atoms with E-state index in [0.29, 0.717) is 18.9 Å². The molecule has 1 aliphatic rings. The lowest BCUT2D eigenvalue weighted by Crippen LogP contribution is -2.21. The first kappa shape index (κ1) is 13.9. The summed E-state index contributed by atoms with van der Waals surface area (Å²) in [7, 11) is 0. The van der Waals surface area contributed by atoms with E-state index in [2.05, 4.69) is 16.8 Å². The summed E-state index contributed by atoms with van der Waals surface area (Å²) in [5.74, 6) is 7.14. The van der Waals surface area contributed by atoms with Crippen molar-refractivity contribution in [2.24, 2.45) is 5.92 Å². The van der Waals surface area contributed by atoms with Crippen LogP contribution in [0.15, 0.2) is 18.5 Å². The average Bonchev–Trinajstić information content (AvgIpc) is 2.47. The van der Waals surface area contributed by atoms with Crippen LogP contribution in [0.5, 0.6) is 5.75 Å². The highest BCUT2D eigenvalue weighted by molar-refractivity contribution is 5.36. The van der Waals surface area contributed by atoms with Crippen LogP contribution in [0.3, 0.4) is 0 Å². The van der Waals surface area contributed by atoms with E-state index in [1.54, 1.807) is 12.4 Å². The normalized spacial score (nSPS) is 15.6. The van der Waals surface area contributed by atoms with Crippen LogP contribution in [0, 0.1) is 17.8 Å². The summed E-state index contributed by atoms with van der Waals surface area (Å²) in [6.07, 6.45) is 6.00. The summed E-state index contributed by atoms with van der Waals surface area (Å²) in [6.45, 7) is 2.46. The van der Waals surface area contributed by atoms with Gasteiger partial charge in [-0.3, -0.25) is 4.98 Å². The van der Waals surface area contributed by atoms with E-state index < -0.39 is 0 Å². The van der Waals surface area contributed by atoms with Crippen LogP contribution in [0.4, 0.5) is 0 Å². The SMILES string of the molecule is OCCC#Cc1cncc(OCC2CCOCC2)c1. The van der Waals surface area contributed by atoms with Gasteiger partial charge in [0, 0.05) is 31.4 Å². The quantitative estimate of drug-likeness (QED) is 0.837. The summed E-state index contributed by atoms with van der Waals surface area (Å²) in [5.41, 5.74) is 0.818. The zero-order valence-corrected chi connectivity index (χ0v) is 11.0. The maximum atomic E-state index is 8.67. The predicted octanol–water partition coefficient (Wildman–Crippen LogP) is 1.62. The summed E-state index contributed by atoms with van der Waals surface area (Å²) in [4.78, 5) is 4.11. The summed E-state index contributed by atoms with van der Waals surface area (Å²) in [6, 6.07) is 1.89. The van der Waals surface area contributed by atoms with Crippen LogP contribution >= 0.6 is 0 Å². The molecule has 1 saturated heterocycles. The Kier molecular flexibility index (Phi) is 5.67. The van der Waals surface area contributed by atoms with Crippen molar-refractivity contribution < 1.29 is 14.6 Å². The number of aliphatic hydroxyl groups excluding tert-OH is 1. The molecular formula is C15H19NO3. The van der Waals surface area contributed by atoms with Crippen LogP contribution in [0.25, 0.3) is 0 Å². The topological polar surface area (TPSA) is 51.6 Å². The Morgan fingerprint density at radius 1 is 1.37 bits per heavy atom. The van der Waals surface area contributed by atoms with Crippen molar-refractivity contribution in [3.8, 4) is 17.6 Å². The molecule has 1 fully saturated rings. The van der Waals surface area contributed by atoms with Crippen LogP contribution in [0.2, 0.25) is 0 Å². The number of rotatable bonds is 4. The molecule has 4 nitrogen and oxygen atoms in total. The lowest BCUT2D eigenvalue weighted by Gasteiger charge is -2.21. The number of ether oxygens (including phenoxy) is 2. The molecule has 102 valence electrons. The fourth-order valence-corrected chi connectivity index (χ4v) is 1.91. The van der Waals surface area contributed by atoms with Gasteiger partial charge in [0.05, 0.1) is 19.4 Å². The molecule has 0 aromatic carbocycles. The lowest BCUT2D eigenvalue weighted by molar-refractivity contribution is 0.0497. The molecule has 0 amide bonds. The molecule has 0 aliphatic carbocycles. The second kappa shape index (κ2) is 7.78. The van der Waals surface area contributed by atoms with E-state index in [1.807, 2.05) is 6.07 Å². The average molecular weight is 261 g/mol. The number of aliphatic hydroxyl groups is 1. The first-order valence-corrected chi connectivity index (χ1v) is 6.64. The highest BCUT2D eigenvalue weighted by Crippen LogP contribution is 2.17. The largest absolute Gasteiger partial charge is 0.492 e. The van der Waals surface area contributed by atoms with Gasteiger partial charge in [-0.25, -0.2) is 0 Å². The number of aromatic nitrogens is 1. The highest BCUT2D eigenvalue weighted by Gasteiger charge is 2.14. The van der Waals surface area contributed by atoms with Gasteiger partial charge in [-0.1, -0.05) is 11.8 Å². The van der Waals surface area contributed by atoms with Gasteiger partial charge in [-0.2, -0.15) is 0 Å². The van der Waals surface area contributed by atoms with Gasteiger partial charge < -0.3 is 14.6 Å². The van der Waals surface area contributed by atoms with Crippen molar-refractivity contribution in [1.29, 1.82) is 0 Å². The molecule has 2 rings (SSSR count). The predicted molar refractivity (Wildman–Crippen MR) is 71.9 cm³/mol. The van der Waals surface area contributed by atoms with Crippen molar-refractivity contribution in [2.75, 3.05) is 26.4 Å². The third-order valence-electron chi connectivity index (χ3n) is 3.01. The van der Waals surface area contributed by atoms with Crippen LogP contribution < -0.4 is 4.74 Å². The standard InChI is InChI=1S/C15H19NO3/c17-6-2-1-3-14-9-15(11-16-10-14)19-12-13-4-7-18-8-5-13/h9-11,13,17H,2,4-8,12H2. The minimum absolute atomic E-state index is 0.0837. The zero-order chi connectivity index (χ0) is 13.3. The Labute approximate surface area is 113 Å². The number of nitrogens with zero attached hydrogens (tertiary/aromatic N) is 1. The van der Waals surface area contributed by atoms with E-state index in [0.717, 1.165) is 37.4 Å². The molecular weight excluding hydrogens is 242 g/mol. The Hall–Kier alpha value is -1.57. The Morgan fingerprint density at radius 2 is 2.21 bits per heavy atom. The van der Waals surface area contributed by atoms with E-state index in [1.165, 1.54) is 0 Å². The molecule has 0 unspecified atom stereocenters.